The van der Waals surface area contributed by atoms with Crippen LogP contribution in [0.1, 0.15) is 19.7 Å². The molecule has 0 bridgehead atoms. The molecule has 1 aromatic carbocycles. The normalized spacial score (nSPS) is 17.8. The summed E-state index contributed by atoms with van der Waals surface area (Å²) in [6.45, 7) is 7.62. The van der Waals surface area contributed by atoms with E-state index < -0.39 is 4.92 Å². The Balaban J connectivity index is 1.63. The van der Waals surface area contributed by atoms with Crippen LogP contribution in [0.4, 0.5) is 5.69 Å². The van der Waals surface area contributed by atoms with Gasteiger partial charge in [-0.2, -0.15) is 11.8 Å². The molecule has 128 valence electrons. The largest absolute Gasteiger partial charge is 0.441 e. The number of hydrogen-bond acceptors (Lipinski definition) is 6. The molecule has 7 heteroatoms. The molecule has 1 aliphatic rings. The Hall–Kier alpha value is -1.86. The summed E-state index contributed by atoms with van der Waals surface area (Å²) < 4.78 is 6.08. The molecule has 0 unspecified atom stereocenters. The van der Waals surface area contributed by atoms with Gasteiger partial charge < -0.3 is 9.32 Å². The van der Waals surface area contributed by atoms with Crippen LogP contribution in [0.25, 0.3) is 11.3 Å². The third-order valence-corrected chi connectivity index (χ3v) is 5.34. The molecule has 1 fully saturated rings. The number of aromatic nitrogens is 1. The predicted octanol–water partition coefficient (Wildman–Crippen LogP) is 3.62. The van der Waals surface area contributed by atoms with Crippen molar-refractivity contribution < 1.29 is 9.34 Å². The van der Waals surface area contributed by atoms with Gasteiger partial charge in [0, 0.05) is 54.3 Å². The maximum absolute atomic E-state index is 10.9. The van der Waals surface area contributed by atoms with Gasteiger partial charge >= 0.3 is 0 Å². The zero-order chi connectivity index (χ0) is 17.2. The van der Waals surface area contributed by atoms with E-state index in [1.807, 2.05) is 11.8 Å². The van der Waals surface area contributed by atoms with Crippen LogP contribution >= 0.6 is 11.8 Å². The molecule has 0 N–H and O–H groups in total. The van der Waals surface area contributed by atoms with Crippen molar-refractivity contribution in [1.29, 1.82) is 0 Å². The van der Waals surface area contributed by atoms with Gasteiger partial charge in [0.05, 0.1) is 11.1 Å². The SMILES string of the molecule is CC1(C)CN(CCc2ncc(-c3cccc([N+](=O)[O-])c3)o2)CCS1. The zero-order valence-corrected chi connectivity index (χ0v) is 14.7. The standard InChI is InChI=1S/C17H21N3O3S/c1-17(2)12-19(8-9-24-17)7-6-16-18-11-15(23-16)13-4-3-5-14(10-13)20(21)22/h3-5,10-11H,6-9,12H2,1-2H3. The fraction of sp³-hybridized carbons (Fsp3) is 0.471. The number of rotatable bonds is 5. The number of non-ortho nitro benzene ring substituents is 1. The highest BCUT2D eigenvalue weighted by Gasteiger charge is 2.26. The molecule has 1 saturated heterocycles. The number of nitro groups is 1. The van der Waals surface area contributed by atoms with E-state index in [4.69, 9.17) is 4.42 Å². The average molecular weight is 347 g/mol. The molecule has 0 atom stereocenters. The lowest BCUT2D eigenvalue weighted by Crippen LogP contribution is -2.43. The summed E-state index contributed by atoms with van der Waals surface area (Å²) in [5.74, 6) is 2.40. The summed E-state index contributed by atoms with van der Waals surface area (Å²) in [6, 6.07) is 6.43. The summed E-state index contributed by atoms with van der Waals surface area (Å²) in [6.07, 6.45) is 2.39. The Labute approximate surface area is 145 Å². The molecule has 24 heavy (non-hydrogen) atoms. The van der Waals surface area contributed by atoms with Crippen molar-refractivity contribution in [3.8, 4) is 11.3 Å². The quantitative estimate of drug-likeness (QED) is 0.607. The number of thioether (sulfide) groups is 1. The molecule has 3 rings (SSSR count). The summed E-state index contributed by atoms with van der Waals surface area (Å²) in [7, 11) is 0. The van der Waals surface area contributed by atoms with Gasteiger partial charge in [-0.3, -0.25) is 10.1 Å². The van der Waals surface area contributed by atoms with Crippen molar-refractivity contribution in [1.82, 2.24) is 9.88 Å². The van der Waals surface area contributed by atoms with Crippen LogP contribution in [0.5, 0.6) is 0 Å². The maximum Gasteiger partial charge on any atom is 0.270 e. The molecular weight excluding hydrogens is 326 g/mol. The molecule has 0 spiro atoms. The van der Waals surface area contributed by atoms with E-state index in [9.17, 15) is 10.1 Å². The molecule has 1 aliphatic heterocycles. The highest BCUT2D eigenvalue weighted by atomic mass is 32.2. The first-order valence-corrected chi connectivity index (χ1v) is 8.97. The van der Waals surface area contributed by atoms with Crippen molar-refractivity contribution in [2.24, 2.45) is 0 Å². The fourth-order valence-electron chi connectivity index (χ4n) is 2.89. The molecule has 6 nitrogen and oxygen atoms in total. The van der Waals surface area contributed by atoms with Crippen LogP contribution in [-0.4, -0.2) is 44.9 Å². The third kappa shape index (κ3) is 4.15. The van der Waals surface area contributed by atoms with Crippen molar-refractivity contribution in [2.45, 2.75) is 25.0 Å². The summed E-state index contributed by atoms with van der Waals surface area (Å²) >= 11 is 2.02. The monoisotopic (exact) mass is 347 g/mol. The topological polar surface area (TPSA) is 72.4 Å². The Bertz CT molecular complexity index is 729. The van der Waals surface area contributed by atoms with Gasteiger partial charge in [-0.15, -0.1) is 0 Å². The van der Waals surface area contributed by atoms with Crippen LogP contribution in [-0.2, 0) is 6.42 Å². The van der Waals surface area contributed by atoms with Crippen LogP contribution in [0, 0.1) is 10.1 Å². The van der Waals surface area contributed by atoms with Gasteiger partial charge in [0.25, 0.3) is 5.69 Å². The first-order valence-electron chi connectivity index (χ1n) is 7.99. The van der Waals surface area contributed by atoms with Crippen LogP contribution in [0.3, 0.4) is 0 Å². The lowest BCUT2D eigenvalue weighted by molar-refractivity contribution is -0.384. The molecule has 0 radical (unpaired) electrons. The Kier molecular flexibility index (Phi) is 4.91. The lowest BCUT2D eigenvalue weighted by Gasteiger charge is -2.37. The second-order valence-electron chi connectivity index (χ2n) is 6.56. The fourth-order valence-corrected chi connectivity index (χ4v) is 4.07. The Morgan fingerprint density at radius 2 is 2.29 bits per heavy atom. The van der Waals surface area contributed by atoms with Crippen LogP contribution in [0.15, 0.2) is 34.9 Å². The average Bonchev–Trinajstić information content (AvgIpc) is 3.01. The predicted molar refractivity (Wildman–Crippen MR) is 95.3 cm³/mol. The van der Waals surface area contributed by atoms with Crippen LogP contribution in [0.2, 0.25) is 0 Å². The van der Waals surface area contributed by atoms with Gasteiger partial charge in [-0.1, -0.05) is 12.1 Å². The van der Waals surface area contributed by atoms with Crippen LogP contribution < -0.4 is 0 Å². The molecule has 1 aromatic heterocycles. The minimum atomic E-state index is -0.406. The summed E-state index contributed by atoms with van der Waals surface area (Å²) in [5.41, 5.74) is 0.733. The van der Waals surface area contributed by atoms with Gasteiger partial charge in [0.1, 0.15) is 0 Å². The number of benzene rings is 1. The number of hydrogen-bond donors (Lipinski definition) is 0. The minimum absolute atomic E-state index is 0.0542. The van der Waals surface area contributed by atoms with Gasteiger partial charge in [-0.05, 0) is 13.8 Å². The summed E-state index contributed by atoms with van der Waals surface area (Å²) in [4.78, 5) is 17.2. The maximum atomic E-state index is 10.9. The molecular formula is C17H21N3O3S. The third-order valence-electron chi connectivity index (χ3n) is 4.04. The number of nitrogens with zero attached hydrogens (tertiary/aromatic N) is 3. The van der Waals surface area contributed by atoms with E-state index in [-0.39, 0.29) is 5.69 Å². The van der Waals surface area contributed by atoms with Gasteiger partial charge in [0.15, 0.2) is 11.7 Å². The van der Waals surface area contributed by atoms with Gasteiger partial charge in [0.2, 0.25) is 0 Å². The second-order valence-corrected chi connectivity index (χ2v) is 8.36. The second kappa shape index (κ2) is 6.94. The zero-order valence-electron chi connectivity index (χ0n) is 13.9. The van der Waals surface area contributed by atoms with Crippen molar-refractivity contribution in [2.75, 3.05) is 25.4 Å². The Morgan fingerprint density at radius 1 is 1.46 bits per heavy atom. The van der Waals surface area contributed by atoms with E-state index in [1.165, 1.54) is 12.1 Å². The van der Waals surface area contributed by atoms with Crippen molar-refractivity contribution >= 4 is 17.4 Å². The molecule has 0 aliphatic carbocycles. The Morgan fingerprint density at radius 3 is 3.04 bits per heavy atom. The van der Waals surface area contributed by atoms with E-state index >= 15 is 0 Å². The van der Waals surface area contributed by atoms with E-state index in [2.05, 4.69) is 23.7 Å². The first-order chi connectivity index (χ1) is 11.4. The van der Waals surface area contributed by atoms with Crippen molar-refractivity contribution in [3.63, 3.8) is 0 Å². The summed E-state index contributed by atoms with van der Waals surface area (Å²) in [5, 5.41) is 10.9. The number of oxazole rings is 1. The minimum Gasteiger partial charge on any atom is -0.441 e. The first kappa shape index (κ1) is 17.0. The van der Waals surface area contributed by atoms with E-state index in [1.54, 1.807) is 18.3 Å². The molecule has 0 saturated carbocycles. The van der Waals surface area contributed by atoms with E-state index in [0.717, 1.165) is 31.8 Å². The molecule has 2 aromatic rings. The number of nitro benzene ring substituents is 1. The molecule has 0 amide bonds. The molecule has 2 heterocycles. The van der Waals surface area contributed by atoms with E-state index in [0.29, 0.717) is 22.0 Å². The highest BCUT2D eigenvalue weighted by molar-refractivity contribution is 8.00. The highest BCUT2D eigenvalue weighted by Crippen LogP contribution is 2.29. The smallest absolute Gasteiger partial charge is 0.270 e. The van der Waals surface area contributed by atoms with Crippen molar-refractivity contribution in [3.05, 3.63) is 46.5 Å². The lowest BCUT2D eigenvalue weighted by atomic mass is 10.2. The van der Waals surface area contributed by atoms with Gasteiger partial charge in [-0.25, -0.2) is 4.98 Å².